The van der Waals surface area contributed by atoms with Gasteiger partial charge in [0, 0.05) is 6.42 Å². The Morgan fingerprint density at radius 1 is 1.85 bits per heavy atom. The third-order valence-electron chi connectivity index (χ3n) is 1.99. The maximum Gasteiger partial charge on any atom is 0.407 e. The van der Waals surface area contributed by atoms with Crippen LogP contribution in [0.25, 0.3) is 0 Å². The summed E-state index contributed by atoms with van der Waals surface area (Å²) < 4.78 is 4.39. The Morgan fingerprint density at radius 3 is 3.00 bits per heavy atom. The van der Waals surface area contributed by atoms with Crippen molar-refractivity contribution < 1.29 is 19.7 Å². The van der Waals surface area contributed by atoms with Gasteiger partial charge in [-0.15, -0.1) is 0 Å². The van der Waals surface area contributed by atoms with E-state index in [1.165, 1.54) is 7.11 Å². The molecule has 0 saturated carbocycles. The topological polar surface area (TPSA) is 78.8 Å². The number of carbonyl (C=O) groups excluding carboxylic acids is 1. The van der Waals surface area contributed by atoms with Crippen LogP contribution in [0.2, 0.25) is 0 Å². The monoisotopic (exact) mass is 187 g/mol. The molecule has 5 heteroatoms. The van der Waals surface area contributed by atoms with Gasteiger partial charge in [-0.3, -0.25) is 0 Å². The number of nitrogens with one attached hydrogen (secondary N) is 1. The Bertz CT molecular complexity index is 226. The summed E-state index contributed by atoms with van der Waals surface area (Å²) in [7, 11) is 1.28. The molecule has 1 rings (SSSR count). The molecule has 0 heterocycles. The van der Waals surface area contributed by atoms with Gasteiger partial charge in [-0.05, 0) is 5.57 Å². The van der Waals surface area contributed by atoms with Crippen molar-refractivity contribution >= 4 is 6.09 Å². The number of methoxy groups -OCH3 is 1. The molecule has 2 atom stereocenters. The molecule has 74 valence electrons. The number of alkyl carbamates (subject to hydrolysis) is 1. The van der Waals surface area contributed by atoms with Crippen LogP contribution in [0.4, 0.5) is 4.79 Å². The van der Waals surface area contributed by atoms with E-state index in [-0.39, 0.29) is 12.6 Å². The van der Waals surface area contributed by atoms with E-state index in [9.17, 15) is 9.90 Å². The molecular weight excluding hydrogens is 174 g/mol. The van der Waals surface area contributed by atoms with E-state index >= 15 is 0 Å². The fourth-order valence-electron chi connectivity index (χ4n) is 1.30. The molecule has 0 saturated heterocycles. The molecule has 0 bridgehead atoms. The maximum absolute atomic E-state index is 10.8. The lowest BCUT2D eigenvalue weighted by Gasteiger charge is -2.09. The SMILES string of the molecule is COC(=O)NC1C=C(CO)C(O)C1. The number of carbonyl (C=O) groups is 1. The summed E-state index contributed by atoms with van der Waals surface area (Å²) in [6.45, 7) is -0.180. The van der Waals surface area contributed by atoms with Crippen LogP contribution in [0.3, 0.4) is 0 Å². The summed E-state index contributed by atoms with van der Waals surface area (Å²) in [5.41, 5.74) is 0.543. The molecule has 3 N–H and O–H groups in total. The summed E-state index contributed by atoms with van der Waals surface area (Å²) in [5.74, 6) is 0. The van der Waals surface area contributed by atoms with Gasteiger partial charge in [-0.2, -0.15) is 0 Å². The molecule has 0 radical (unpaired) electrons. The average Bonchev–Trinajstić information content (AvgIpc) is 2.46. The second-order valence-corrected chi connectivity index (χ2v) is 2.89. The summed E-state index contributed by atoms with van der Waals surface area (Å²) >= 11 is 0. The Balaban J connectivity index is 2.47. The van der Waals surface area contributed by atoms with Crippen LogP contribution < -0.4 is 5.32 Å². The van der Waals surface area contributed by atoms with Gasteiger partial charge in [0.05, 0.1) is 25.9 Å². The van der Waals surface area contributed by atoms with Gasteiger partial charge in [0.15, 0.2) is 0 Å². The first-order chi connectivity index (χ1) is 6.17. The van der Waals surface area contributed by atoms with Crippen LogP contribution in [-0.2, 0) is 4.74 Å². The predicted octanol–water partition coefficient (Wildman–Crippen LogP) is -0.606. The van der Waals surface area contributed by atoms with Gasteiger partial charge in [-0.25, -0.2) is 4.79 Å². The third kappa shape index (κ3) is 2.43. The molecule has 1 aliphatic carbocycles. The standard InChI is InChI=1S/C8H13NO4/c1-13-8(12)9-6-2-5(4-10)7(11)3-6/h2,6-7,10-11H,3-4H2,1H3,(H,9,12). The van der Waals surface area contributed by atoms with Gasteiger partial charge in [0.1, 0.15) is 0 Å². The minimum atomic E-state index is -0.660. The Morgan fingerprint density at radius 2 is 2.54 bits per heavy atom. The van der Waals surface area contributed by atoms with E-state index < -0.39 is 12.2 Å². The summed E-state index contributed by atoms with van der Waals surface area (Å²) in [6, 6.07) is -0.246. The van der Waals surface area contributed by atoms with Crippen molar-refractivity contribution in [2.75, 3.05) is 13.7 Å². The van der Waals surface area contributed by atoms with Crippen molar-refractivity contribution in [2.24, 2.45) is 0 Å². The highest BCUT2D eigenvalue weighted by molar-refractivity contribution is 5.67. The highest BCUT2D eigenvalue weighted by Crippen LogP contribution is 2.18. The first-order valence-corrected chi connectivity index (χ1v) is 4.01. The Hall–Kier alpha value is -1.07. The summed E-state index contributed by atoms with van der Waals surface area (Å²) in [6.07, 6.45) is 0.840. The van der Waals surface area contributed by atoms with Gasteiger partial charge in [0.25, 0.3) is 0 Å². The van der Waals surface area contributed by atoms with Gasteiger partial charge in [-0.1, -0.05) is 6.08 Å². The lowest BCUT2D eigenvalue weighted by atomic mass is 10.2. The molecule has 1 aliphatic rings. The van der Waals surface area contributed by atoms with Crippen molar-refractivity contribution in [1.29, 1.82) is 0 Å². The number of amides is 1. The number of hydrogen-bond donors (Lipinski definition) is 3. The summed E-state index contributed by atoms with van der Waals surface area (Å²) in [4.78, 5) is 10.8. The fraction of sp³-hybridized carbons (Fsp3) is 0.625. The molecule has 0 aromatic rings. The van der Waals surface area contributed by atoms with Crippen molar-refractivity contribution in [2.45, 2.75) is 18.6 Å². The normalized spacial score (nSPS) is 26.8. The molecule has 5 nitrogen and oxygen atoms in total. The number of ether oxygens (including phenoxy) is 1. The molecule has 0 spiro atoms. The molecule has 0 aliphatic heterocycles. The maximum atomic E-state index is 10.8. The first kappa shape index (κ1) is 10.0. The smallest absolute Gasteiger partial charge is 0.407 e. The van der Waals surface area contributed by atoms with Crippen LogP contribution in [0.5, 0.6) is 0 Å². The van der Waals surface area contributed by atoms with Gasteiger partial charge >= 0.3 is 6.09 Å². The van der Waals surface area contributed by atoms with Crippen LogP contribution in [0.1, 0.15) is 6.42 Å². The van der Waals surface area contributed by atoms with Crippen molar-refractivity contribution in [1.82, 2.24) is 5.32 Å². The van der Waals surface area contributed by atoms with Crippen LogP contribution in [0.15, 0.2) is 11.6 Å². The van der Waals surface area contributed by atoms with E-state index in [1.807, 2.05) is 0 Å². The molecule has 0 aromatic heterocycles. The molecule has 0 aromatic carbocycles. The van der Waals surface area contributed by atoms with Crippen LogP contribution in [0, 0.1) is 0 Å². The highest BCUT2D eigenvalue weighted by Gasteiger charge is 2.25. The van der Waals surface area contributed by atoms with Crippen LogP contribution >= 0.6 is 0 Å². The zero-order valence-electron chi connectivity index (χ0n) is 7.36. The molecule has 1 amide bonds. The largest absolute Gasteiger partial charge is 0.453 e. The molecule has 13 heavy (non-hydrogen) atoms. The van der Waals surface area contributed by atoms with Gasteiger partial charge in [0.2, 0.25) is 0 Å². The zero-order chi connectivity index (χ0) is 9.84. The lowest BCUT2D eigenvalue weighted by Crippen LogP contribution is -2.32. The third-order valence-corrected chi connectivity index (χ3v) is 1.99. The van der Waals surface area contributed by atoms with E-state index in [0.717, 1.165) is 0 Å². The number of aliphatic hydroxyl groups excluding tert-OH is 2. The minimum absolute atomic E-state index is 0.180. The second kappa shape index (κ2) is 4.25. The number of aliphatic hydroxyl groups is 2. The average molecular weight is 187 g/mol. The predicted molar refractivity (Wildman–Crippen MR) is 45.1 cm³/mol. The molecule has 0 fully saturated rings. The summed E-state index contributed by atoms with van der Waals surface area (Å²) in [5, 5.41) is 20.6. The zero-order valence-corrected chi connectivity index (χ0v) is 7.36. The van der Waals surface area contributed by atoms with Crippen LogP contribution in [-0.4, -0.2) is 42.2 Å². The molecular formula is C8H13NO4. The van der Waals surface area contributed by atoms with Gasteiger partial charge < -0.3 is 20.3 Å². The van der Waals surface area contributed by atoms with E-state index in [1.54, 1.807) is 6.08 Å². The van der Waals surface area contributed by atoms with Crippen molar-refractivity contribution in [3.63, 3.8) is 0 Å². The highest BCUT2D eigenvalue weighted by atomic mass is 16.5. The first-order valence-electron chi connectivity index (χ1n) is 4.01. The fourth-order valence-corrected chi connectivity index (χ4v) is 1.30. The van der Waals surface area contributed by atoms with E-state index in [2.05, 4.69) is 10.1 Å². The van der Waals surface area contributed by atoms with Crippen molar-refractivity contribution in [3.05, 3.63) is 11.6 Å². The quantitative estimate of drug-likeness (QED) is 0.504. The Kier molecular flexibility index (Phi) is 3.27. The van der Waals surface area contributed by atoms with E-state index in [0.29, 0.717) is 12.0 Å². The second-order valence-electron chi connectivity index (χ2n) is 2.89. The minimum Gasteiger partial charge on any atom is -0.453 e. The molecule has 2 unspecified atom stereocenters. The Labute approximate surface area is 76.0 Å². The number of rotatable bonds is 2. The van der Waals surface area contributed by atoms with Crippen molar-refractivity contribution in [3.8, 4) is 0 Å². The number of hydrogen-bond acceptors (Lipinski definition) is 4. The van der Waals surface area contributed by atoms with E-state index in [4.69, 9.17) is 5.11 Å². The lowest BCUT2D eigenvalue weighted by molar-refractivity contribution is 0.161.